The molecular formula is C15H17N3. The Kier molecular flexibility index (Phi) is 4.10. The number of pyridine rings is 1. The molecule has 0 spiro atoms. The van der Waals surface area contributed by atoms with Crippen LogP contribution in [0.2, 0.25) is 0 Å². The predicted octanol–water partition coefficient (Wildman–Crippen LogP) is 2.30. The number of benzene rings is 1. The second-order valence-electron chi connectivity index (χ2n) is 4.18. The maximum Gasteiger partial charge on any atom is 0.0314 e. The SMILES string of the molecule is C=C(N)c1ccc(CNCc2ccncc2)cc1. The number of hydrogen-bond acceptors (Lipinski definition) is 3. The number of hydrogen-bond donors (Lipinski definition) is 2. The Bertz CT molecular complexity index is 503. The van der Waals surface area contributed by atoms with Gasteiger partial charge in [-0.25, -0.2) is 0 Å². The first-order valence-corrected chi connectivity index (χ1v) is 5.89. The van der Waals surface area contributed by atoms with E-state index in [1.54, 1.807) is 12.4 Å². The fourth-order valence-electron chi connectivity index (χ4n) is 1.69. The van der Waals surface area contributed by atoms with E-state index < -0.39 is 0 Å². The largest absolute Gasteiger partial charge is 0.399 e. The number of nitrogens with zero attached hydrogens (tertiary/aromatic N) is 1. The lowest BCUT2D eigenvalue weighted by atomic mass is 10.1. The van der Waals surface area contributed by atoms with Crippen molar-refractivity contribution in [2.24, 2.45) is 5.73 Å². The zero-order valence-electron chi connectivity index (χ0n) is 10.3. The van der Waals surface area contributed by atoms with Crippen LogP contribution < -0.4 is 11.1 Å². The highest BCUT2D eigenvalue weighted by Gasteiger charge is 1.96. The molecule has 0 radical (unpaired) electrons. The van der Waals surface area contributed by atoms with E-state index in [-0.39, 0.29) is 0 Å². The van der Waals surface area contributed by atoms with E-state index in [4.69, 9.17) is 5.73 Å². The smallest absolute Gasteiger partial charge is 0.0314 e. The molecule has 3 heteroatoms. The Morgan fingerprint density at radius 1 is 1.00 bits per heavy atom. The molecule has 92 valence electrons. The maximum atomic E-state index is 5.62. The second-order valence-corrected chi connectivity index (χ2v) is 4.18. The van der Waals surface area contributed by atoms with Crippen LogP contribution in [0.3, 0.4) is 0 Å². The Hall–Kier alpha value is -2.13. The summed E-state index contributed by atoms with van der Waals surface area (Å²) >= 11 is 0. The minimum Gasteiger partial charge on any atom is -0.399 e. The van der Waals surface area contributed by atoms with Crippen molar-refractivity contribution < 1.29 is 0 Å². The topological polar surface area (TPSA) is 50.9 Å². The summed E-state index contributed by atoms with van der Waals surface area (Å²) in [5.74, 6) is 0. The summed E-state index contributed by atoms with van der Waals surface area (Å²) in [7, 11) is 0. The van der Waals surface area contributed by atoms with Crippen molar-refractivity contribution in [1.29, 1.82) is 0 Å². The van der Waals surface area contributed by atoms with Gasteiger partial charge in [-0.1, -0.05) is 30.8 Å². The molecule has 1 aromatic heterocycles. The lowest BCUT2D eigenvalue weighted by molar-refractivity contribution is 0.692. The molecule has 0 unspecified atom stereocenters. The molecule has 0 saturated carbocycles. The molecule has 0 aliphatic heterocycles. The van der Waals surface area contributed by atoms with Crippen LogP contribution in [0.5, 0.6) is 0 Å². The molecule has 2 aromatic rings. The predicted molar refractivity (Wildman–Crippen MR) is 74.4 cm³/mol. The van der Waals surface area contributed by atoms with Gasteiger partial charge in [0.15, 0.2) is 0 Å². The Morgan fingerprint density at radius 3 is 2.11 bits per heavy atom. The van der Waals surface area contributed by atoms with Gasteiger partial charge in [0.2, 0.25) is 0 Å². The van der Waals surface area contributed by atoms with Gasteiger partial charge in [-0.3, -0.25) is 4.98 Å². The zero-order valence-corrected chi connectivity index (χ0v) is 10.3. The molecule has 0 aliphatic carbocycles. The van der Waals surface area contributed by atoms with E-state index in [0.29, 0.717) is 5.70 Å². The van der Waals surface area contributed by atoms with Crippen molar-refractivity contribution in [1.82, 2.24) is 10.3 Å². The fourth-order valence-corrected chi connectivity index (χ4v) is 1.69. The van der Waals surface area contributed by atoms with E-state index in [1.165, 1.54) is 11.1 Å². The highest BCUT2D eigenvalue weighted by molar-refractivity contribution is 5.60. The molecule has 1 aromatic carbocycles. The van der Waals surface area contributed by atoms with Crippen molar-refractivity contribution in [3.05, 3.63) is 72.1 Å². The van der Waals surface area contributed by atoms with E-state index in [0.717, 1.165) is 18.7 Å². The van der Waals surface area contributed by atoms with Crippen LogP contribution >= 0.6 is 0 Å². The van der Waals surface area contributed by atoms with Gasteiger partial charge in [0.1, 0.15) is 0 Å². The number of nitrogens with two attached hydrogens (primary N) is 1. The molecule has 18 heavy (non-hydrogen) atoms. The number of nitrogens with one attached hydrogen (secondary N) is 1. The van der Waals surface area contributed by atoms with Crippen molar-refractivity contribution >= 4 is 5.70 Å². The van der Waals surface area contributed by atoms with Gasteiger partial charge >= 0.3 is 0 Å². The molecule has 0 aliphatic rings. The van der Waals surface area contributed by atoms with Gasteiger partial charge in [-0.2, -0.15) is 0 Å². The monoisotopic (exact) mass is 239 g/mol. The summed E-state index contributed by atoms with van der Waals surface area (Å²) in [6.45, 7) is 5.39. The lowest BCUT2D eigenvalue weighted by Crippen LogP contribution is -2.12. The quantitative estimate of drug-likeness (QED) is 0.841. The molecule has 3 N–H and O–H groups in total. The third-order valence-electron chi connectivity index (χ3n) is 2.73. The van der Waals surface area contributed by atoms with Gasteiger partial charge in [0.05, 0.1) is 0 Å². The minimum absolute atomic E-state index is 0.603. The Morgan fingerprint density at radius 2 is 1.56 bits per heavy atom. The number of aromatic nitrogens is 1. The van der Waals surface area contributed by atoms with Crippen molar-refractivity contribution in [2.45, 2.75) is 13.1 Å². The van der Waals surface area contributed by atoms with Crippen LogP contribution in [0.25, 0.3) is 5.70 Å². The summed E-state index contributed by atoms with van der Waals surface area (Å²) in [6.07, 6.45) is 3.61. The second kappa shape index (κ2) is 5.98. The normalized spacial score (nSPS) is 10.2. The van der Waals surface area contributed by atoms with Crippen LogP contribution in [0.4, 0.5) is 0 Å². The molecule has 0 fully saturated rings. The molecule has 0 saturated heterocycles. The van der Waals surface area contributed by atoms with E-state index in [2.05, 4.69) is 29.0 Å². The highest BCUT2D eigenvalue weighted by atomic mass is 14.8. The zero-order chi connectivity index (χ0) is 12.8. The summed E-state index contributed by atoms with van der Waals surface area (Å²) in [6, 6.07) is 12.1. The lowest BCUT2D eigenvalue weighted by Gasteiger charge is -2.06. The summed E-state index contributed by atoms with van der Waals surface area (Å²) < 4.78 is 0. The maximum absolute atomic E-state index is 5.62. The Labute approximate surface area is 107 Å². The van der Waals surface area contributed by atoms with Crippen molar-refractivity contribution in [3.8, 4) is 0 Å². The molecule has 0 bridgehead atoms. The molecule has 0 amide bonds. The fraction of sp³-hybridized carbons (Fsp3) is 0.133. The minimum atomic E-state index is 0.603. The third-order valence-corrected chi connectivity index (χ3v) is 2.73. The molecule has 0 atom stereocenters. The van der Waals surface area contributed by atoms with E-state index in [9.17, 15) is 0 Å². The first-order valence-electron chi connectivity index (χ1n) is 5.89. The third kappa shape index (κ3) is 3.43. The van der Waals surface area contributed by atoms with Gasteiger partial charge in [0.25, 0.3) is 0 Å². The van der Waals surface area contributed by atoms with E-state index in [1.807, 2.05) is 24.3 Å². The Balaban J connectivity index is 1.85. The highest BCUT2D eigenvalue weighted by Crippen LogP contribution is 2.09. The van der Waals surface area contributed by atoms with Crippen LogP contribution in [0.1, 0.15) is 16.7 Å². The van der Waals surface area contributed by atoms with Gasteiger partial charge in [-0.05, 0) is 28.8 Å². The summed E-state index contributed by atoms with van der Waals surface area (Å²) in [4.78, 5) is 3.99. The first kappa shape index (κ1) is 12.3. The summed E-state index contributed by atoms with van der Waals surface area (Å²) in [5, 5.41) is 3.39. The van der Waals surface area contributed by atoms with Crippen LogP contribution in [0.15, 0.2) is 55.4 Å². The molecular weight excluding hydrogens is 222 g/mol. The molecule has 2 rings (SSSR count). The average Bonchev–Trinajstić information content (AvgIpc) is 2.40. The van der Waals surface area contributed by atoms with Crippen LogP contribution in [-0.2, 0) is 13.1 Å². The van der Waals surface area contributed by atoms with Crippen LogP contribution in [0, 0.1) is 0 Å². The average molecular weight is 239 g/mol. The first-order chi connectivity index (χ1) is 8.75. The van der Waals surface area contributed by atoms with Crippen molar-refractivity contribution in [2.75, 3.05) is 0 Å². The standard InChI is InChI=1S/C15H17N3/c1-12(16)15-4-2-13(3-5-15)10-18-11-14-6-8-17-9-7-14/h2-9,18H,1,10-11,16H2. The van der Waals surface area contributed by atoms with Gasteiger partial charge in [-0.15, -0.1) is 0 Å². The van der Waals surface area contributed by atoms with Crippen LogP contribution in [-0.4, -0.2) is 4.98 Å². The number of rotatable bonds is 5. The molecule has 3 nitrogen and oxygen atoms in total. The van der Waals surface area contributed by atoms with Crippen molar-refractivity contribution in [3.63, 3.8) is 0 Å². The van der Waals surface area contributed by atoms with Gasteiger partial charge < -0.3 is 11.1 Å². The van der Waals surface area contributed by atoms with E-state index >= 15 is 0 Å². The molecule has 1 heterocycles. The van der Waals surface area contributed by atoms with Gasteiger partial charge in [0, 0.05) is 31.2 Å². The summed E-state index contributed by atoms with van der Waals surface area (Å²) in [5.41, 5.74) is 9.67.